The van der Waals surface area contributed by atoms with Crippen molar-refractivity contribution < 1.29 is 0 Å². The molecule has 0 aliphatic heterocycles. The van der Waals surface area contributed by atoms with Gasteiger partial charge in [0.25, 0.3) is 0 Å². The van der Waals surface area contributed by atoms with Crippen LogP contribution in [-0.4, -0.2) is 5.71 Å². The molecule has 0 aliphatic carbocycles. The van der Waals surface area contributed by atoms with Crippen LogP contribution in [0.2, 0.25) is 0 Å². The Morgan fingerprint density at radius 2 is 0.833 bits per heavy atom. The molecular formula is C59H45N. The van der Waals surface area contributed by atoms with Crippen LogP contribution < -0.4 is 0 Å². The summed E-state index contributed by atoms with van der Waals surface area (Å²) in [6.45, 7) is 2.15. The minimum Gasteiger partial charge on any atom is -0.253 e. The molecule has 60 heavy (non-hydrogen) atoms. The fourth-order valence-electron chi connectivity index (χ4n) is 8.09. The number of rotatable bonds is 11. The smallest absolute Gasteiger partial charge is 0.0668 e. The lowest BCUT2D eigenvalue weighted by molar-refractivity contribution is 1.26. The highest BCUT2D eigenvalue weighted by Crippen LogP contribution is 2.43. The molecule has 9 rings (SSSR count). The summed E-state index contributed by atoms with van der Waals surface area (Å²) < 4.78 is 0. The topological polar surface area (TPSA) is 12.4 Å². The summed E-state index contributed by atoms with van der Waals surface area (Å²) in [7, 11) is 0. The van der Waals surface area contributed by atoms with E-state index in [-0.39, 0.29) is 0 Å². The molecule has 0 radical (unpaired) electrons. The second-order valence-electron chi connectivity index (χ2n) is 15.1. The minimum absolute atomic E-state index is 0.784. The summed E-state index contributed by atoms with van der Waals surface area (Å²) in [5.41, 5.74) is 19.4. The molecular weight excluding hydrogens is 723 g/mol. The number of nitrogens with zero attached hydrogens (tertiary/aromatic N) is 1. The van der Waals surface area contributed by atoms with E-state index in [1.54, 1.807) is 0 Å². The zero-order valence-electron chi connectivity index (χ0n) is 33.7. The van der Waals surface area contributed by atoms with Gasteiger partial charge in [-0.25, -0.2) is 0 Å². The first-order chi connectivity index (χ1) is 29.7. The molecule has 0 N–H and O–H groups in total. The van der Waals surface area contributed by atoms with Gasteiger partial charge in [-0.3, -0.25) is 4.99 Å². The van der Waals surface area contributed by atoms with Gasteiger partial charge >= 0.3 is 0 Å². The molecule has 286 valence electrons. The fourth-order valence-corrected chi connectivity index (χ4v) is 8.09. The van der Waals surface area contributed by atoms with Gasteiger partial charge in [-0.1, -0.05) is 218 Å². The van der Waals surface area contributed by atoms with Crippen LogP contribution in [0.4, 0.5) is 0 Å². The SMILES string of the molecule is CC(=N/C(=C\Cc1ccccc1)c1ccccc1)c1cc(-c2cc(-c3ccccc3)ccc2-c2ccccc2)cc(-c2cccc(-c3ccccc3)c2-c2ccccc2)c1. The Bertz CT molecular complexity index is 2880. The van der Waals surface area contributed by atoms with E-state index >= 15 is 0 Å². The zero-order valence-corrected chi connectivity index (χ0v) is 33.7. The van der Waals surface area contributed by atoms with E-state index in [1.165, 1.54) is 61.2 Å². The maximum absolute atomic E-state index is 5.47. The molecule has 0 aliphatic rings. The molecule has 9 aromatic carbocycles. The Morgan fingerprint density at radius 1 is 0.350 bits per heavy atom. The number of hydrogen-bond acceptors (Lipinski definition) is 1. The number of hydrogen-bond donors (Lipinski definition) is 0. The normalized spacial score (nSPS) is 11.7. The highest BCUT2D eigenvalue weighted by atomic mass is 14.8. The Kier molecular flexibility index (Phi) is 11.3. The number of benzene rings is 9. The van der Waals surface area contributed by atoms with Gasteiger partial charge in [0.15, 0.2) is 0 Å². The third kappa shape index (κ3) is 8.48. The Hall–Kier alpha value is -7.61. The fraction of sp³-hybridized carbons (Fsp3) is 0.0339. The quantitative estimate of drug-likeness (QED) is 0.116. The van der Waals surface area contributed by atoms with Crippen molar-refractivity contribution in [3.05, 3.63) is 259 Å². The third-order valence-corrected chi connectivity index (χ3v) is 11.1. The van der Waals surface area contributed by atoms with Crippen molar-refractivity contribution >= 4 is 11.4 Å². The number of aliphatic imine (C=N–C) groups is 1. The van der Waals surface area contributed by atoms with E-state index in [1.807, 2.05) is 0 Å². The van der Waals surface area contributed by atoms with E-state index in [4.69, 9.17) is 4.99 Å². The van der Waals surface area contributed by atoms with E-state index in [0.29, 0.717) is 0 Å². The summed E-state index contributed by atoms with van der Waals surface area (Å²) in [6, 6.07) is 84.8. The molecule has 0 saturated carbocycles. The van der Waals surface area contributed by atoms with Gasteiger partial charge in [-0.05, 0) is 121 Å². The van der Waals surface area contributed by atoms with Crippen molar-refractivity contribution in [2.45, 2.75) is 13.3 Å². The molecule has 0 amide bonds. The van der Waals surface area contributed by atoms with E-state index in [0.717, 1.165) is 40.1 Å². The Labute approximate surface area is 354 Å². The van der Waals surface area contributed by atoms with Gasteiger partial charge in [-0.2, -0.15) is 0 Å². The van der Waals surface area contributed by atoms with Crippen LogP contribution in [0.25, 0.3) is 72.5 Å². The second kappa shape index (κ2) is 17.9. The first-order valence-electron chi connectivity index (χ1n) is 20.7. The lowest BCUT2D eigenvalue weighted by atomic mass is 9.84. The summed E-state index contributed by atoms with van der Waals surface area (Å²) in [6.07, 6.45) is 3.04. The maximum Gasteiger partial charge on any atom is 0.0668 e. The molecule has 1 heteroatoms. The Balaban J connectivity index is 1.30. The standard InChI is InChI=1S/C59H45N/c1-43(60-58(48-29-16-6-17-30-48)38-35-44-21-8-2-9-22-44)51-39-52(56-34-20-33-55(47-27-14-5-15-28-47)59(56)49-31-18-7-19-32-49)41-53(40-51)57-42-50(45-23-10-3-11-24-45)36-37-54(57)46-25-12-4-13-26-46/h2-34,36-42H,35H2,1H3/b58-38-,60-43?. The monoisotopic (exact) mass is 767 g/mol. The molecule has 0 bridgehead atoms. The van der Waals surface area contributed by atoms with Crippen LogP contribution in [0.5, 0.6) is 0 Å². The highest BCUT2D eigenvalue weighted by molar-refractivity contribution is 6.05. The molecule has 1 nitrogen and oxygen atoms in total. The average Bonchev–Trinajstić information content (AvgIpc) is 3.34. The van der Waals surface area contributed by atoms with Crippen LogP contribution in [0.1, 0.15) is 23.6 Å². The first-order valence-corrected chi connectivity index (χ1v) is 20.7. The van der Waals surface area contributed by atoms with E-state index in [9.17, 15) is 0 Å². The van der Waals surface area contributed by atoms with Crippen molar-refractivity contribution in [2.24, 2.45) is 4.99 Å². The Morgan fingerprint density at radius 3 is 1.43 bits per heavy atom. The van der Waals surface area contributed by atoms with Crippen LogP contribution >= 0.6 is 0 Å². The van der Waals surface area contributed by atoms with Crippen molar-refractivity contribution in [1.29, 1.82) is 0 Å². The molecule has 0 heterocycles. The summed E-state index contributed by atoms with van der Waals surface area (Å²) in [5.74, 6) is 0. The van der Waals surface area contributed by atoms with Crippen molar-refractivity contribution in [1.82, 2.24) is 0 Å². The van der Waals surface area contributed by atoms with Crippen molar-refractivity contribution in [3.63, 3.8) is 0 Å². The molecule has 0 unspecified atom stereocenters. The van der Waals surface area contributed by atoms with Gasteiger partial charge in [0.2, 0.25) is 0 Å². The summed E-state index contributed by atoms with van der Waals surface area (Å²) >= 11 is 0. The predicted molar refractivity (Wildman–Crippen MR) is 256 cm³/mol. The molecule has 9 aromatic rings. The molecule has 0 fully saturated rings. The van der Waals surface area contributed by atoms with E-state index in [2.05, 4.69) is 250 Å². The van der Waals surface area contributed by atoms with Crippen LogP contribution in [0.3, 0.4) is 0 Å². The van der Waals surface area contributed by atoms with Crippen LogP contribution in [-0.2, 0) is 6.42 Å². The van der Waals surface area contributed by atoms with Gasteiger partial charge < -0.3 is 0 Å². The average molecular weight is 768 g/mol. The highest BCUT2D eigenvalue weighted by Gasteiger charge is 2.18. The molecule has 0 atom stereocenters. The van der Waals surface area contributed by atoms with Gasteiger partial charge in [0.1, 0.15) is 0 Å². The number of allylic oxidation sites excluding steroid dienone is 1. The van der Waals surface area contributed by atoms with Crippen molar-refractivity contribution in [2.75, 3.05) is 0 Å². The second-order valence-corrected chi connectivity index (χ2v) is 15.1. The van der Waals surface area contributed by atoms with Gasteiger partial charge in [-0.15, -0.1) is 0 Å². The zero-order chi connectivity index (χ0) is 40.5. The first kappa shape index (κ1) is 37.9. The molecule has 0 spiro atoms. The molecule has 0 aromatic heterocycles. The van der Waals surface area contributed by atoms with Crippen LogP contribution in [0.15, 0.2) is 248 Å². The maximum atomic E-state index is 5.47. The van der Waals surface area contributed by atoms with E-state index < -0.39 is 0 Å². The minimum atomic E-state index is 0.784. The lowest BCUT2D eigenvalue weighted by Gasteiger charge is -2.19. The van der Waals surface area contributed by atoms with Gasteiger partial charge in [0.05, 0.1) is 5.70 Å². The lowest BCUT2D eigenvalue weighted by Crippen LogP contribution is -2.00. The van der Waals surface area contributed by atoms with Crippen LogP contribution in [0, 0.1) is 0 Å². The summed E-state index contributed by atoms with van der Waals surface area (Å²) in [4.78, 5) is 5.47. The van der Waals surface area contributed by atoms with Gasteiger partial charge in [0, 0.05) is 5.71 Å². The predicted octanol–water partition coefficient (Wildman–Crippen LogP) is 15.8. The summed E-state index contributed by atoms with van der Waals surface area (Å²) in [5, 5.41) is 0. The molecule has 0 saturated heterocycles. The third-order valence-electron chi connectivity index (χ3n) is 11.1. The largest absolute Gasteiger partial charge is 0.253 e. The van der Waals surface area contributed by atoms with Crippen molar-refractivity contribution in [3.8, 4) is 66.8 Å².